The standard InChI is InChI=1S/C24H24N4O4.ClH/c1-3-18-21(27-23(30)20(22(18)29)24(31)32)15-6-7-19-16(9-15)10-17(28(19)2)13-26-12-14-5-4-8-25-11-14;/h4-11,26H,3,12-13H2,1-2H3,(H,31,32)(H2,27,29,30);1H. The van der Waals surface area contributed by atoms with Gasteiger partial charge in [0.25, 0.3) is 5.56 Å². The van der Waals surface area contributed by atoms with Crippen molar-refractivity contribution in [1.29, 1.82) is 0 Å². The second kappa shape index (κ2) is 9.89. The highest BCUT2D eigenvalue weighted by Crippen LogP contribution is 2.32. The van der Waals surface area contributed by atoms with Crippen molar-refractivity contribution >= 4 is 29.3 Å². The summed E-state index contributed by atoms with van der Waals surface area (Å²) in [5.74, 6) is -1.93. The van der Waals surface area contributed by atoms with Gasteiger partial charge in [-0.3, -0.25) is 9.78 Å². The Morgan fingerprint density at radius 3 is 2.67 bits per heavy atom. The normalized spacial score (nSPS) is 10.8. The van der Waals surface area contributed by atoms with Gasteiger partial charge in [-0.25, -0.2) is 4.79 Å². The zero-order valence-electron chi connectivity index (χ0n) is 18.3. The molecule has 4 rings (SSSR count). The van der Waals surface area contributed by atoms with Crippen LogP contribution in [0, 0.1) is 0 Å². The number of aromatic nitrogens is 3. The summed E-state index contributed by atoms with van der Waals surface area (Å²) in [4.78, 5) is 30.4. The zero-order chi connectivity index (χ0) is 22.8. The number of pyridine rings is 2. The van der Waals surface area contributed by atoms with Gasteiger partial charge >= 0.3 is 5.97 Å². The highest BCUT2D eigenvalue weighted by atomic mass is 35.5. The third-order valence-electron chi connectivity index (χ3n) is 5.65. The molecule has 0 amide bonds. The number of carboxylic acid groups (broad SMARTS) is 1. The van der Waals surface area contributed by atoms with E-state index >= 15 is 0 Å². The number of halogens is 1. The lowest BCUT2D eigenvalue weighted by molar-refractivity contribution is 0.0691. The van der Waals surface area contributed by atoms with Crippen molar-refractivity contribution in [3.8, 4) is 17.0 Å². The summed E-state index contributed by atoms with van der Waals surface area (Å²) < 4.78 is 2.10. The van der Waals surface area contributed by atoms with Crippen molar-refractivity contribution in [3.05, 3.63) is 81.5 Å². The molecule has 33 heavy (non-hydrogen) atoms. The number of nitrogens with zero attached hydrogens (tertiary/aromatic N) is 2. The van der Waals surface area contributed by atoms with Gasteiger partial charge in [-0.2, -0.15) is 0 Å². The summed E-state index contributed by atoms with van der Waals surface area (Å²) in [6.07, 6.45) is 3.95. The van der Waals surface area contributed by atoms with Gasteiger partial charge in [0, 0.05) is 54.7 Å². The Balaban J connectivity index is 0.00000306. The van der Waals surface area contributed by atoms with Crippen molar-refractivity contribution < 1.29 is 15.0 Å². The Morgan fingerprint density at radius 2 is 2.00 bits per heavy atom. The number of aromatic carboxylic acids is 1. The Labute approximate surface area is 196 Å². The lowest BCUT2D eigenvalue weighted by Gasteiger charge is -2.12. The molecule has 0 bridgehead atoms. The van der Waals surface area contributed by atoms with Crippen LogP contribution in [-0.4, -0.2) is 30.7 Å². The molecular formula is C24H25ClN4O4. The summed E-state index contributed by atoms with van der Waals surface area (Å²) in [7, 11) is 2.00. The number of hydrogen-bond donors (Lipinski definition) is 4. The lowest BCUT2D eigenvalue weighted by Crippen LogP contribution is -2.20. The number of aromatic hydroxyl groups is 1. The number of benzene rings is 1. The van der Waals surface area contributed by atoms with Gasteiger partial charge in [-0.1, -0.05) is 19.1 Å². The average Bonchev–Trinajstić information content (AvgIpc) is 3.08. The fraction of sp³-hybridized carbons (Fsp3) is 0.208. The molecule has 0 spiro atoms. The molecule has 3 aromatic heterocycles. The molecule has 8 nitrogen and oxygen atoms in total. The second-order valence-electron chi connectivity index (χ2n) is 7.62. The summed E-state index contributed by atoms with van der Waals surface area (Å²) in [5.41, 5.74) is 3.31. The summed E-state index contributed by atoms with van der Waals surface area (Å²) in [6.45, 7) is 3.17. The maximum Gasteiger partial charge on any atom is 0.345 e. The molecule has 4 N–H and O–H groups in total. The molecule has 0 fully saturated rings. The van der Waals surface area contributed by atoms with E-state index in [0.29, 0.717) is 36.3 Å². The number of fused-ring (bicyclic) bond motifs is 1. The van der Waals surface area contributed by atoms with Gasteiger partial charge in [-0.05, 0) is 41.8 Å². The lowest BCUT2D eigenvalue weighted by atomic mass is 9.99. The van der Waals surface area contributed by atoms with Crippen molar-refractivity contribution in [3.63, 3.8) is 0 Å². The molecular weight excluding hydrogens is 444 g/mol. The first-order valence-corrected chi connectivity index (χ1v) is 10.3. The smallest absolute Gasteiger partial charge is 0.345 e. The van der Waals surface area contributed by atoms with E-state index in [1.807, 2.05) is 43.6 Å². The molecule has 1 aromatic carbocycles. The molecule has 172 valence electrons. The van der Waals surface area contributed by atoms with Crippen LogP contribution in [0.25, 0.3) is 22.2 Å². The van der Waals surface area contributed by atoms with E-state index in [9.17, 15) is 19.8 Å². The molecule has 0 saturated carbocycles. The molecule has 0 aliphatic rings. The Bertz CT molecular complexity index is 1360. The maximum atomic E-state index is 12.3. The highest BCUT2D eigenvalue weighted by molar-refractivity contribution is 5.92. The zero-order valence-corrected chi connectivity index (χ0v) is 19.1. The van der Waals surface area contributed by atoms with Crippen LogP contribution >= 0.6 is 12.4 Å². The minimum Gasteiger partial charge on any atom is -0.506 e. The predicted molar refractivity (Wildman–Crippen MR) is 129 cm³/mol. The number of nitrogens with one attached hydrogen (secondary N) is 2. The average molecular weight is 469 g/mol. The van der Waals surface area contributed by atoms with Crippen molar-refractivity contribution in [2.24, 2.45) is 7.05 Å². The van der Waals surface area contributed by atoms with Crippen LogP contribution in [0.15, 0.2) is 53.6 Å². The van der Waals surface area contributed by atoms with Crippen LogP contribution < -0.4 is 10.9 Å². The Hall–Kier alpha value is -3.62. The first kappa shape index (κ1) is 24.0. The van der Waals surface area contributed by atoms with Crippen LogP contribution in [0.5, 0.6) is 5.75 Å². The van der Waals surface area contributed by atoms with Crippen LogP contribution in [0.1, 0.15) is 34.1 Å². The van der Waals surface area contributed by atoms with E-state index in [4.69, 9.17) is 0 Å². The first-order chi connectivity index (χ1) is 15.4. The Morgan fingerprint density at radius 1 is 1.21 bits per heavy atom. The van der Waals surface area contributed by atoms with Crippen LogP contribution in [-0.2, 0) is 26.6 Å². The largest absolute Gasteiger partial charge is 0.506 e. The van der Waals surface area contributed by atoms with Crippen molar-refractivity contribution in [2.45, 2.75) is 26.4 Å². The minimum absolute atomic E-state index is 0. The third kappa shape index (κ3) is 4.62. The fourth-order valence-corrected chi connectivity index (χ4v) is 3.99. The van der Waals surface area contributed by atoms with E-state index in [2.05, 4.69) is 25.9 Å². The van der Waals surface area contributed by atoms with Gasteiger partial charge < -0.3 is 25.1 Å². The second-order valence-corrected chi connectivity index (χ2v) is 7.62. The molecule has 0 saturated heterocycles. The maximum absolute atomic E-state index is 12.3. The SMILES string of the molecule is CCc1c(-c2ccc3c(c2)cc(CNCc2cccnc2)n3C)[nH]c(=O)c(C(=O)O)c1O.Cl. The van der Waals surface area contributed by atoms with Gasteiger partial charge in [0.05, 0.1) is 5.69 Å². The monoisotopic (exact) mass is 468 g/mol. The number of H-pyrrole nitrogens is 1. The number of aryl methyl sites for hydroxylation is 1. The topological polar surface area (TPSA) is 120 Å². The van der Waals surface area contributed by atoms with Gasteiger partial charge in [-0.15, -0.1) is 12.4 Å². The number of rotatable bonds is 7. The number of carbonyl (C=O) groups is 1. The molecule has 0 radical (unpaired) electrons. The van der Waals surface area contributed by atoms with E-state index in [0.717, 1.165) is 22.2 Å². The summed E-state index contributed by atoms with van der Waals surface area (Å²) in [6, 6.07) is 11.7. The van der Waals surface area contributed by atoms with Crippen LogP contribution in [0.4, 0.5) is 0 Å². The quantitative estimate of drug-likeness (QED) is 0.329. The van der Waals surface area contributed by atoms with Gasteiger partial charge in [0.1, 0.15) is 5.75 Å². The van der Waals surface area contributed by atoms with Gasteiger partial charge in [0.15, 0.2) is 5.56 Å². The van der Waals surface area contributed by atoms with E-state index in [1.54, 1.807) is 13.1 Å². The van der Waals surface area contributed by atoms with E-state index in [1.165, 1.54) is 0 Å². The van der Waals surface area contributed by atoms with Crippen LogP contribution in [0.2, 0.25) is 0 Å². The molecule has 0 aliphatic heterocycles. The van der Waals surface area contributed by atoms with E-state index < -0.39 is 22.8 Å². The number of carboxylic acids is 1. The fourth-order valence-electron chi connectivity index (χ4n) is 3.99. The minimum atomic E-state index is -1.45. The number of hydrogen-bond acceptors (Lipinski definition) is 5. The third-order valence-corrected chi connectivity index (χ3v) is 5.65. The Kier molecular flexibility index (Phi) is 7.20. The summed E-state index contributed by atoms with van der Waals surface area (Å²) >= 11 is 0. The molecule has 3 heterocycles. The van der Waals surface area contributed by atoms with Gasteiger partial charge in [0.2, 0.25) is 0 Å². The molecule has 9 heteroatoms. The molecule has 4 aromatic rings. The predicted octanol–water partition coefficient (Wildman–Crippen LogP) is 3.61. The molecule has 0 atom stereocenters. The van der Waals surface area contributed by atoms with E-state index in [-0.39, 0.29) is 12.4 Å². The number of aromatic amines is 1. The van der Waals surface area contributed by atoms with Crippen LogP contribution in [0.3, 0.4) is 0 Å². The van der Waals surface area contributed by atoms with Crippen molar-refractivity contribution in [1.82, 2.24) is 19.9 Å². The first-order valence-electron chi connectivity index (χ1n) is 10.3. The highest BCUT2D eigenvalue weighted by Gasteiger charge is 2.22. The van der Waals surface area contributed by atoms with Crippen molar-refractivity contribution in [2.75, 3.05) is 0 Å². The molecule has 0 unspecified atom stereocenters. The molecule has 0 aliphatic carbocycles. The summed E-state index contributed by atoms with van der Waals surface area (Å²) in [5, 5.41) is 24.1.